The molecule has 62 valence electrons. The summed E-state index contributed by atoms with van der Waals surface area (Å²) < 4.78 is 0. The highest BCUT2D eigenvalue weighted by Crippen LogP contribution is 2.32. The van der Waals surface area contributed by atoms with Crippen LogP contribution in [0.15, 0.2) is 11.1 Å². The monoisotopic (exact) mass is 169 g/mol. The van der Waals surface area contributed by atoms with E-state index in [9.17, 15) is 0 Å². The number of hydrogen-bond acceptors (Lipinski definition) is 2. The van der Waals surface area contributed by atoms with Gasteiger partial charge in [-0.25, -0.2) is 0 Å². The number of allylic oxidation sites excluding steroid dienone is 1. The molecule has 2 aliphatic heterocycles. The number of thioether (sulfide) groups is 1. The van der Waals surface area contributed by atoms with Crippen molar-refractivity contribution < 1.29 is 0 Å². The SMILES string of the molecule is CC1CC(N2CCCC2)=CS1. The summed E-state index contributed by atoms with van der Waals surface area (Å²) in [5.74, 6) is 0. The quantitative estimate of drug-likeness (QED) is 0.593. The zero-order valence-corrected chi connectivity index (χ0v) is 7.86. The van der Waals surface area contributed by atoms with E-state index in [1.165, 1.54) is 32.4 Å². The van der Waals surface area contributed by atoms with Crippen LogP contribution in [-0.2, 0) is 0 Å². The maximum Gasteiger partial charge on any atom is 0.0208 e. The lowest BCUT2D eigenvalue weighted by Crippen LogP contribution is -2.18. The van der Waals surface area contributed by atoms with Crippen LogP contribution < -0.4 is 0 Å². The van der Waals surface area contributed by atoms with Crippen LogP contribution in [-0.4, -0.2) is 23.2 Å². The van der Waals surface area contributed by atoms with Gasteiger partial charge in [0.05, 0.1) is 0 Å². The van der Waals surface area contributed by atoms with Crippen LogP contribution in [0.4, 0.5) is 0 Å². The fraction of sp³-hybridized carbons (Fsp3) is 0.778. The normalized spacial score (nSPS) is 31.2. The first kappa shape index (κ1) is 7.53. The summed E-state index contributed by atoms with van der Waals surface area (Å²) in [5.41, 5.74) is 1.60. The Balaban J connectivity index is 1.94. The molecule has 0 N–H and O–H groups in total. The van der Waals surface area contributed by atoms with Gasteiger partial charge in [-0.15, -0.1) is 11.8 Å². The fourth-order valence-corrected chi connectivity index (χ4v) is 2.70. The molecule has 1 unspecified atom stereocenters. The molecule has 0 radical (unpaired) electrons. The summed E-state index contributed by atoms with van der Waals surface area (Å²) in [4.78, 5) is 2.55. The van der Waals surface area contributed by atoms with Crippen molar-refractivity contribution in [2.75, 3.05) is 13.1 Å². The molecule has 1 fully saturated rings. The van der Waals surface area contributed by atoms with E-state index < -0.39 is 0 Å². The van der Waals surface area contributed by atoms with Crippen molar-refractivity contribution in [2.24, 2.45) is 0 Å². The molecule has 11 heavy (non-hydrogen) atoms. The Kier molecular flexibility index (Phi) is 2.12. The van der Waals surface area contributed by atoms with Crippen molar-refractivity contribution in [3.05, 3.63) is 11.1 Å². The maximum atomic E-state index is 2.55. The molecule has 1 saturated heterocycles. The highest BCUT2D eigenvalue weighted by Gasteiger charge is 2.20. The summed E-state index contributed by atoms with van der Waals surface area (Å²) in [6.07, 6.45) is 4.09. The van der Waals surface area contributed by atoms with Crippen LogP contribution in [0, 0.1) is 0 Å². The molecule has 2 rings (SSSR count). The summed E-state index contributed by atoms with van der Waals surface area (Å²) in [5, 5.41) is 3.18. The Labute approximate surface area is 72.8 Å². The van der Waals surface area contributed by atoms with Crippen molar-refractivity contribution in [1.29, 1.82) is 0 Å². The van der Waals surface area contributed by atoms with Crippen LogP contribution in [0.25, 0.3) is 0 Å². The number of rotatable bonds is 1. The highest BCUT2D eigenvalue weighted by molar-refractivity contribution is 8.03. The van der Waals surface area contributed by atoms with Crippen LogP contribution >= 0.6 is 11.8 Å². The lowest BCUT2D eigenvalue weighted by atomic mass is 10.2. The minimum Gasteiger partial charge on any atom is -0.374 e. The first-order chi connectivity index (χ1) is 5.36. The first-order valence-corrected chi connectivity index (χ1v) is 5.40. The second kappa shape index (κ2) is 3.10. The van der Waals surface area contributed by atoms with E-state index in [0.29, 0.717) is 0 Å². The average molecular weight is 169 g/mol. The number of hydrogen-bond donors (Lipinski definition) is 0. The summed E-state index contributed by atoms with van der Waals surface area (Å²) >= 11 is 1.99. The molecule has 0 spiro atoms. The van der Waals surface area contributed by atoms with Crippen LogP contribution in [0.3, 0.4) is 0 Å². The molecule has 1 atom stereocenters. The molecule has 0 saturated carbocycles. The molecular formula is C9H15NS. The summed E-state index contributed by atoms with van der Waals surface area (Å²) in [7, 11) is 0. The molecule has 0 aromatic heterocycles. The van der Waals surface area contributed by atoms with Crippen LogP contribution in [0.1, 0.15) is 26.2 Å². The number of nitrogens with zero attached hydrogens (tertiary/aromatic N) is 1. The van der Waals surface area contributed by atoms with E-state index in [0.717, 1.165) is 5.25 Å². The lowest BCUT2D eigenvalue weighted by Gasteiger charge is -2.18. The average Bonchev–Trinajstić information content (AvgIpc) is 2.55. The van der Waals surface area contributed by atoms with E-state index in [2.05, 4.69) is 17.2 Å². The molecule has 2 aliphatic rings. The van der Waals surface area contributed by atoms with E-state index in [-0.39, 0.29) is 0 Å². The van der Waals surface area contributed by atoms with E-state index >= 15 is 0 Å². The Morgan fingerprint density at radius 2 is 2.18 bits per heavy atom. The van der Waals surface area contributed by atoms with Gasteiger partial charge in [0.15, 0.2) is 0 Å². The minimum absolute atomic E-state index is 0.825. The van der Waals surface area contributed by atoms with Crippen molar-refractivity contribution in [1.82, 2.24) is 4.90 Å². The van der Waals surface area contributed by atoms with Gasteiger partial charge in [-0.2, -0.15) is 0 Å². The topological polar surface area (TPSA) is 3.24 Å². The molecule has 0 aliphatic carbocycles. The second-order valence-electron chi connectivity index (χ2n) is 3.45. The lowest BCUT2D eigenvalue weighted by molar-refractivity contribution is 0.413. The van der Waals surface area contributed by atoms with Crippen molar-refractivity contribution in [3.63, 3.8) is 0 Å². The van der Waals surface area contributed by atoms with Gasteiger partial charge in [-0.05, 0) is 24.7 Å². The summed E-state index contributed by atoms with van der Waals surface area (Å²) in [6.45, 7) is 4.92. The molecule has 2 heteroatoms. The van der Waals surface area contributed by atoms with Gasteiger partial charge in [-0.1, -0.05) is 6.92 Å². The van der Waals surface area contributed by atoms with Gasteiger partial charge < -0.3 is 4.90 Å². The predicted octanol–water partition coefficient (Wildman–Crippen LogP) is 2.45. The highest BCUT2D eigenvalue weighted by atomic mass is 32.2. The summed E-state index contributed by atoms with van der Waals surface area (Å²) in [6, 6.07) is 0. The van der Waals surface area contributed by atoms with Crippen LogP contribution in [0.5, 0.6) is 0 Å². The maximum absolute atomic E-state index is 2.55. The molecular weight excluding hydrogens is 154 g/mol. The Hall–Kier alpha value is -0.110. The van der Waals surface area contributed by atoms with Crippen molar-refractivity contribution in [3.8, 4) is 0 Å². The van der Waals surface area contributed by atoms with E-state index in [1.807, 2.05) is 11.8 Å². The minimum atomic E-state index is 0.825. The largest absolute Gasteiger partial charge is 0.374 e. The molecule has 2 heterocycles. The van der Waals surface area contributed by atoms with Gasteiger partial charge in [0, 0.05) is 24.0 Å². The smallest absolute Gasteiger partial charge is 0.0208 e. The molecule has 0 bridgehead atoms. The standard InChI is InChI=1S/C9H15NS/c1-8-6-9(7-11-8)10-4-2-3-5-10/h7-8H,2-6H2,1H3. The van der Waals surface area contributed by atoms with E-state index in [1.54, 1.807) is 5.70 Å². The fourth-order valence-electron chi connectivity index (χ4n) is 1.79. The number of likely N-dealkylation sites (tertiary alicyclic amines) is 1. The Bertz CT molecular complexity index is 170. The van der Waals surface area contributed by atoms with Gasteiger partial charge in [-0.3, -0.25) is 0 Å². The van der Waals surface area contributed by atoms with Crippen molar-refractivity contribution in [2.45, 2.75) is 31.4 Å². The molecule has 0 aromatic carbocycles. The first-order valence-electron chi connectivity index (χ1n) is 4.46. The van der Waals surface area contributed by atoms with Gasteiger partial charge in [0.2, 0.25) is 0 Å². The van der Waals surface area contributed by atoms with E-state index in [4.69, 9.17) is 0 Å². The molecule has 0 amide bonds. The van der Waals surface area contributed by atoms with Gasteiger partial charge in [0.1, 0.15) is 0 Å². The second-order valence-corrected chi connectivity index (χ2v) is 4.77. The third-order valence-electron chi connectivity index (χ3n) is 2.45. The Morgan fingerprint density at radius 1 is 1.45 bits per heavy atom. The van der Waals surface area contributed by atoms with Crippen LogP contribution in [0.2, 0.25) is 0 Å². The van der Waals surface area contributed by atoms with Gasteiger partial charge in [0.25, 0.3) is 0 Å². The van der Waals surface area contributed by atoms with Gasteiger partial charge >= 0.3 is 0 Å². The molecule has 1 nitrogen and oxygen atoms in total. The van der Waals surface area contributed by atoms with Crippen molar-refractivity contribution >= 4 is 11.8 Å². The Morgan fingerprint density at radius 3 is 2.73 bits per heavy atom. The molecule has 0 aromatic rings. The zero-order valence-electron chi connectivity index (χ0n) is 7.05. The zero-order chi connectivity index (χ0) is 7.68. The third kappa shape index (κ3) is 1.56. The third-order valence-corrected chi connectivity index (χ3v) is 3.48. The predicted molar refractivity (Wildman–Crippen MR) is 50.6 cm³/mol.